The molecule has 2 bridgehead atoms. The maximum absolute atomic E-state index is 13.5. The van der Waals surface area contributed by atoms with E-state index in [4.69, 9.17) is 0 Å². The van der Waals surface area contributed by atoms with Crippen LogP contribution < -0.4 is 4.90 Å². The van der Waals surface area contributed by atoms with Crippen LogP contribution in [0.15, 0.2) is 31.0 Å². The van der Waals surface area contributed by atoms with E-state index in [9.17, 15) is 17.7 Å². The van der Waals surface area contributed by atoms with E-state index in [2.05, 4.69) is 24.8 Å². The summed E-state index contributed by atoms with van der Waals surface area (Å²) < 4.78 is 56.4. The number of fused-ring (bicyclic) bond motifs is 3. The van der Waals surface area contributed by atoms with Gasteiger partial charge in [0, 0.05) is 43.0 Å². The molecule has 0 aromatic carbocycles. The molecule has 3 aliphatic rings. The molecule has 4 unspecified atom stereocenters. The first-order chi connectivity index (χ1) is 15.0. The number of anilines is 1. The van der Waals surface area contributed by atoms with Crippen LogP contribution in [0.2, 0.25) is 0 Å². The zero-order chi connectivity index (χ0) is 21.3. The zero-order valence-corrected chi connectivity index (χ0v) is 17.3. The highest BCUT2D eigenvalue weighted by atomic mass is 31.1. The highest BCUT2D eigenvalue weighted by molar-refractivity contribution is 7.43. The molecular formula is C19H20F3N7OP+. The van der Waals surface area contributed by atoms with Gasteiger partial charge in [0.1, 0.15) is 11.8 Å². The fourth-order valence-corrected chi connectivity index (χ4v) is 6.86. The van der Waals surface area contributed by atoms with Crippen molar-refractivity contribution in [1.82, 2.24) is 29.0 Å². The minimum Gasteiger partial charge on any atom is -0.351 e. The number of hydrogen-bond acceptors (Lipinski definition) is 5. The van der Waals surface area contributed by atoms with Crippen molar-refractivity contribution in [2.75, 3.05) is 18.0 Å². The van der Waals surface area contributed by atoms with E-state index >= 15 is 0 Å². The van der Waals surface area contributed by atoms with Crippen molar-refractivity contribution in [3.8, 4) is 11.1 Å². The van der Waals surface area contributed by atoms with Gasteiger partial charge in [-0.05, 0) is 23.5 Å². The van der Waals surface area contributed by atoms with E-state index in [1.165, 1.54) is 18.7 Å². The summed E-state index contributed by atoms with van der Waals surface area (Å²) in [6, 6.07) is 2.10. The highest BCUT2D eigenvalue weighted by Gasteiger charge is 2.61. The van der Waals surface area contributed by atoms with Gasteiger partial charge in [-0.3, -0.25) is 0 Å². The third-order valence-electron chi connectivity index (χ3n) is 6.46. The summed E-state index contributed by atoms with van der Waals surface area (Å²) in [5.74, 6) is 0.754. The Morgan fingerprint density at radius 2 is 1.84 bits per heavy atom. The summed E-state index contributed by atoms with van der Waals surface area (Å²) in [4.78, 5) is 6.67. The van der Waals surface area contributed by atoms with Crippen LogP contribution in [0.1, 0.15) is 25.8 Å². The lowest BCUT2D eigenvalue weighted by molar-refractivity contribution is 0.0566. The minimum atomic E-state index is -2.69. The molecule has 162 valence electrons. The summed E-state index contributed by atoms with van der Waals surface area (Å²) in [6.07, 6.45) is 7.31. The molecule has 12 heteroatoms. The number of aromatic nitrogens is 5. The molecule has 0 radical (unpaired) electrons. The molecule has 8 nitrogen and oxygen atoms in total. The maximum Gasteiger partial charge on any atom is 0.441 e. The van der Waals surface area contributed by atoms with E-state index in [-0.39, 0.29) is 17.7 Å². The van der Waals surface area contributed by atoms with Gasteiger partial charge in [-0.2, -0.15) is 19.0 Å². The third-order valence-corrected chi connectivity index (χ3v) is 8.67. The van der Waals surface area contributed by atoms with Crippen LogP contribution in [0.25, 0.3) is 16.6 Å². The lowest BCUT2D eigenvalue weighted by Crippen LogP contribution is -2.51. The normalized spacial score (nSPS) is 28.6. The standard InChI is InChI=1S/C19H20F3N7OP/c20-15-4-17(15)31(30)29-13-1-2-14(29)9-26(8-13)18-16-3-11(6-27(16)25-10-23-18)12-5-24-28(7-12)19(21)22/h3,5-7,10,13-15,17,19H,1-2,4,8-9H2/q+1/t13?,14?,15-,17?/m1/s1. The first kappa shape index (κ1) is 19.2. The molecule has 5 heterocycles. The van der Waals surface area contributed by atoms with Gasteiger partial charge in [0.2, 0.25) is 5.66 Å². The Balaban J connectivity index is 1.29. The van der Waals surface area contributed by atoms with Crippen LogP contribution in [0.3, 0.4) is 0 Å². The van der Waals surface area contributed by atoms with Gasteiger partial charge in [0.15, 0.2) is 12.0 Å². The van der Waals surface area contributed by atoms with Crippen molar-refractivity contribution in [3.63, 3.8) is 0 Å². The summed E-state index contributed by atoms with van der Waals surface area (Å²) in [5, 5.41) is 7.97. The van der Waals surface area contributed by atoms with Gasteiger partial charge >= 0.3 is 14.5 Å². The van der Waals surface area contributed by atoms with Crippen LogP contribution in [0.5, 0.6) is 0 Å². The van der Waals surface area contributed by atoms with E-state index in [1.807, 2.05) is 6.07 Å². The van der Waals surface area contributed by atoms with Crippen molar-refractivity contribution in [2.45, 2.75) is 49.7 Å². The highest BCUT2D eigenvalue weighted by Crippen LogP contribution is 2.54. The number of nitrogens with zero attached hydrogens (tertiary/aromatic N) is 7. The van der Waals surface area contributed by atoms with Crippen molar-refractivity contribution in [3.05, 3.63) is 31.0 Å². The van der Waals surface area contributed by atoms with Gasteiger partial charge < -0.3 is 4.90 Å². The quantitative estimate of drug-likeness (QED) is 0.555. The third kappa shape index (κ3) is 3.13. The van der Waals surface area contributed by atoms with Crippen molar-refractivity contribution < 1.29 is 17.7 Å². The molecule has 0 amide bonds. The maximum atomic E-state index is 13.5. The molecule has 0 spiro atoms. The van der Waals surface area contributed by atoms with Gasteiger partial charge in [0.25, 0.3) is 0 Å². The first-order valence-electron chi connectivity index (χ1n) is 10.3. The Hall–Kier alpha value is -2.52. The van der Waals surface area contributed by atoms with E-state index < -0.39 is 20.7 Å². The smallest absolute Gasteiger partial charge is 0.351 e. The van der Waals surface area contributed by atoms with Gasteiger partial charge in [0.05, 0.1) is 18.3 Å². The van der Waals surface area contributed by atoms with Crippen LogP contribution in [-0.2, 0) is 4.57 Å². The second-order valence-corrected chi connectivity index (χ2v) is 10.2. The molecule has 1 aliphatic carbocycles. The molecule has 3 aromatic heterocycles. The molecule has 3 fully saturated rings. The van der Waals surface area contributed by atoms with Crippen LogP contribution in [0, 0.1) is 0 Å². The zero-order valence-electron chi connectivity index (χ0n) is 16.4. The summed E-state index contributed by atoms with van der Waals surface area (Å²) in [5.41, 5.74) is 1.76. The van der Waals surface area contributed by atoms with Crippen molar-refractivity contribution >= 4 is 19.3 Å². The second-order valence-electron chi connectivity index (χ2n) is 8.42. The Bertz CT molecular complexity index is 1150. The van der Waals surface area contributed by atoms with Crippen molar-refractivity contribution in [2.24, 2.45) is 0 Å². The fourth-order valence-electron chi connectivity index (χ4n) is 4.84. The molecule has 3 aromatic rings. The molecule has 31 heavy (non-hydrogen) atoms. The van der Waals surface area contributed by atoms with Gasteiger partial charge in [-0.25, -0.2) is 18.6 Å². The van der Waals surface area contributed by atoms with E-state index in [0.29, 0.717) is 29.8 Å². The van der Waals surface area contributed by atoms with Crippen LogP contribution >= 0.6 is 7.95 Å². The largest absolute Gasteiger partial charge is 0.441 e. The SMILES string of the molecule is O=[P+](C1C[C@H]1F)N1C2CCC1CN(c1ncnn3cc(-c4cnn(C(F)F)c4)cc13)C2. The summed E-state index contributed by atoms with van der Waals surface area (Å²) in [7, 11) is -1.68. The summed E-state index contributed by atoms with van der Waals surface area (Å²) in [6.45, 7) is -1.36. The summed E-state index contributed by atoms with van der Waals surface area (Å²) >= 11 is 0. The van der Waals surface area contributed by atoms with E-state index in [1.54, 1.807) is 10.7 Å². The molecule has 0 N–H and O–H groups in total. The number of alkyl halides is 3. The average Bonchev–Trinajstić information content (AvgIpc) is 3.12. The van der Waals surface area contributed by atoms with Crippen LogP contribution in [0.4, 0.5) is 19.0 Å². The lowest BCUT2D eigenvalue weighted by Gasteiger charge is -2.35. The number of halogens is 3. The Labute approximate surface area is 176 Å². The Morgan fingerprint density at radius 1 is 1.10 bits per heavy atom. The van der Waals surface area contributed by atoms with E-state index in [0.717, 1.165) is 29.7 Å². The van der Waals surface area contributed by atoms with Gasteiger partial charge in [-0.1, -0.05) is 4.67 Å². The predicted octanol–water partition coefficient (Wildman–Crippen LogP) is 3.49. The lowest BCUT2D eigenvalue weighted by atomic mass is 10.2. The Morgan fingerprint density at radius 3 is 2.48 bits per heavy atom. The number of piperazine rings is 1. The molecule has 2 saturated heterocycles. The fraction of sp³-hybridized carbons (Fsp3) is 0.526. The van der Waals surface area contributed by atoms with Crippen molar-refractivity contribution in [1.29, 1.82) is 0 Å². The first-order valence-corrected chi connectivity index (χ1v) is 11.6. The molecule has 1 saturated carbocycles. The minimum absolute atomic E-state index is 0.115. The molecular weight excluding hydrogens is 430 g/mol. The number of rotatable bonds is 5. The average molecular weight is 450 g/mol. The Kier molecular flexibility index (Phi) is 4.33. The molecule has 6 rings (SSSR count). The second kappa shape index (κ2) is 7.00. The number of hydrogen-bond donors (Lipinski definition) is 0. The monoisotopic (exact) mass is 450 g/mol. The molecule has 5 atom stereocenters. The predicted molar refractivity (Wildman–Crippen MR) is 107 cm³/mol. The molecule has 2 aliphatic heterocycles. The van der Waals surface area contributed by atoms with Crippen LogP contribution in [-0.4, -0.2) is 66.1 Å². The van der Waals surface area contributed by atoms with Gasteiger partial charge in [-0.15, -0.1) is 0 Å². The topological polar surface area (TPSA) is 71.6 Å².